The smallest absolute Gasteiger partial charge is 0.248 e. The summed E-state index contributed by atoms with van der Waals surface area (Å²) in [5.41, 5.74) is 0. The molecule has 1 heterocycles. The summed E-state index contributed by atoms with van der Waals surface area (Å²) in [6, 6.07) is 0. The van der Waals surface area contributed by atoms with Crippen molar-refractivity contribution in [3.63, 3.8) is 0 Å². The number of carbonyl (C=O) groups is 1. The van der Waals surface area contributed by atoms with Crippen molar-refractivity contribution in [3.05, 3.63) is 0 Å². The van der Waals surface area contributed by atoms with Gasteiger partial charge in [-0.1, -0.05) is 6.92 Å². The SMILES string of the molecule is CCC1CN(CC)C(=O)CO1. The standard InChI is InChI=1S/C8H15NO2/c1-3-7-5-9(4-2)8(10)6-11-7/h7H,3-6H2,1-2H3. The predicted molar refractivity (Wildman–Crippen MR) is 42.3 cm³/mol. The highest BCUT2D eigenvalue weighted by molar-refractivity contribution is 5.78. The average molecular weight is 157 g/mol. The zero-order valence-corrected chi connectivity index (χ0v) is 7.17. The maximum absolute atomic E-state index is 11.1. The zero-order valence-electron chi connectivity index (χ0n) is 7.17. The third kappa shape index (κ3) is 1.93. The summed E-state index contributed by atoms with van der Waals surface area (Å²) in [5.74, 6) is 0.122. The topological polar surface area (TPSA) is 29.5 Å². The minimum atomic E-state index is 0.122. The molecule has 1 rings (SSSR count). The largest absolute Gasteiger partial charge is 0.367 e. The minimum absolute atomic E-state index is 0.122. The van der Waals surface area contributed by atoms with Crippen LogP contribution < -0.4 is 0 Å². The molecule has 1 atom stereocenters. The van der Waals surface area contributed by atoms with Gasteiger partial charge in [-0.2, -0.15) is 0 Å². The Morgan fingerprint density at radius 1 is 1.64 bits per heavy atom. The number of ether oxygens (including phenoxy) is 1. The van der Waals surface area contributed by atoms with Crippen LogP contribution in [0, 0.1) is 0 Å². The highest BCUT2D eigenvalue weighted by atomic mass is 16.5. The van der Waals surface area contributed by atoms with Crippen LogP contribution in [-0.2, 0) is 9.53 Å². The van der Waals surface area contributed by atoms with E-state index in [0.29, 0.717) is 0 Å². The Bertz CT molecular complexity index is 147. The lowest BCUT2D eigenvalue weighted by atomic mass is 10.2. The molecule has 1 aliphatic heterocycles. The molecule has 0 bridgehead atoms. The quantitative estimate of drug-likeness (QED) is 0.589. The van der Waals surface area contributed by atoms with Crippen LogP contribution in [0.25, 0.3) is 0 Å². The first kappa shape index (κ1) is 8.53. The van der Waals surface area contributed by atoms with Crippen molar-refractivity contribution in [1.29, 1.82) is 0 Å². The Kier molecular flexibility index (Phi) is 2.88. The van der Waals surface area contributed by atoms with Gasteiger partial charge in [-0.25, -0.2) is 0 Å². The Morgan fingerprint density at radius 3 is 2.91 bits per heavy atom. The molecule has 0 aromatic rings. The molecule has 0 aliphatic carbocycles. The van der Waals surface area contributed by atoms with Crippen LogP contribution in [-0.4, -0.2) is 36.6 Å². The first-order valence-corrected chi connectivity index (χ1v) is 4.17. The maximum Gasteiger partial charge on any atom is 0.248 e. The Balaban J connectivity index is 2.44. The number of hydrogen-bond donors (Lipinski definition) is 0. The lowest BCUT2D eigenvalue weighted by Gasteiger charge is -2.31. The van der Waals surface area contributed by atoms with E-state index in [1.54, 1.807) is 0 Å². The van der Waals surface area contributed by atoms with Gasteiger partial charge in [0, 0.05) is 13.1 Å². The molecule has 0 aromatic carbocycles. The van der Waals surface area contributed by atoms with Crippen molar-refractivity contribution in [2.45, 2.75) is 26.4 Å². The lowest BCUT2D eigenvalue weighted by molar-refractivity contribution is -0.148. The Morgan fingerprint density at radius 2 is 2.36 bits per heavy atom. The van der Waals surface area contributed by atoms with E-state index in [1.165, 1.54) is 0 Å². The molecule has 0 aromatic heterocycles. The molecular weight excluding hydrogens is 142 g/mol. The Hall–Kier alpha value is -0.570. The van der Waals surface area contributed by atoms with E-state index in [2.05, 4.69) is 6.92 Å². The summed E-state index contributed by atoms with van der Waals surface area (Å²) in [4.78, 5) is 12.9. The molecule has 11 heavy (non-hydrogen) atoms. The molecule has 3 nitrogen and oxygen atoms in total. The van der Waals surface area contributed by atoms with Gasteiger partial charge in [-0.05, 0) is 13.3 Å². The highest BCUT2D eigenvalue weighted by Crippen LogP contribution is 2.08. The van der Waals surface area contributed by atoms with Crippen molar-refractivity contribution < 1.29 is 9.53 Å². The number of hydrogen-bond acceptors (Lipinski definition) is 2. The van der Waals surface area contributed by atoms with Gasteiger partial charge in [0.05, 0.1) is 6.10 Å². The number of nitrogens with zero attached hydrogens (tertiary/aromatic N) is 1. The van der Waals surface area contributed by atoms with Crippen LogP contribution in [0.15, 0.2) is 0 Å². The predicted octanol–water partition coefficient (Wildman–Crippen LogP) is 0.644. The van der Waals surface area contributed by atoms with Crippen LogP contribution in [0.4, 0.5) is 0 Å². The molecule has 1 saturated heterocycles. The van der Waals surface area contributed by atoms with Gasteiger partial charge in [0.1, 0.15) is 6.61 Å². The van der Waals surface area contributed by atoms with Crippen LogP contribution in [0.2, 0.25) is 0 Å². The number of amides is 1. The van der Waals surface area contributed by atoms with Crippen LogP contribution in [0.1, 0.15) is 20.3 Å². The van der Waals surface area contributed by atoms with Crippen molar-refractivity contribution in [1.82, 2.24) is 4.90 Å². The van der Waals surface area contributed by atoms with E-state index < -0.39 is 0 Å². The lowest BCUT2D eigenvalue weighted by Crippen LogP contribution is -2.46. The summed E-state index contributed by atoms with van der Waals surface area (Å²) >= 11 is 0. The number of rotatable bonds is 2. The molecule has 64 valence electrons. The number of carbonyl (C=O) groups excluding carboxylic acids is 1. The van der Waals surface area contributed by atoms with Crippen LogP contribution in [0.3, 0.4) is 0 Å². The molecule has 0 saturated carbocycles. The molecule has 0 N–H and O–H groups in total. The monoisotopic (exact) mass is 157 g/mol. The van der Waals surface area contributed by atoms with E-state index in [4.69, 9.17) is 4.74 Å². The summed E-state index contributed by atoms with van der Waals surface area (Å²) in [5, 5.41) is 0. The van der Waals surface area contributed by atoms with E-state index in [0.717, 1.165) is 19.5 Å². The molecule has 0 radical (unpaired) electrons. The molecular formula is C8H15NO2. The van der Waals surface area contributed by atoms with E-state index >= 15 is 0 Å². The third-order valence-corrected chi connectivity index (χ3v) is 2.06. The normalized spacial score (nSPS) is 25.8. The second kappa shape index (κ2) is 3.72. The zero-order chi connectivity index (χ0) is 8.27. The summed E-state index contributed by atoms with van der Waals surface area (Å²) in [7, 11) is 0. The molecule has 0 spiro atoms. The second-order valence-corrected chi connectivity index (χ2v) is 2.77. The number of morpholine rings is 1. The van der Waals surface area contributed by atoms with E-state index in [9.17, 15) is 4.79 Å². The van der Waals surface area contributed by atoms with Gasteiger partial charge in [-0.3, -0.25) is 4.79 Å². The fraction of sp³-hybridized carbons (Fsp3) is 0.875. The van der Waals surface area contributed by atoms with Crippen LogP contribution in [0.5, 0.6) is 0 Å². The fourth-order valence-electron chi connectivity index (χ4n) is 1.23. The van der Waals surface area contributed by atoms with Gasteiger partial charge in [0.15, 0.2) is 0 Å². The molecule has 1 unspecified atom stereocenters. The molecule has 1 amide bonds. The summed E-state index contributed by atoms with van der Waals surface area (Å²) in [6.07, 6.45) is 1.25. The highest BCUT2D eigenvalue weighted by Gasteiger charge is 2.23. The second-order valence-electron chi connectivity index (χ2n) is 2.77. The van der Waals surface area contributed by atoms with Crippen molar-refractivity contribution in [3.8, 4) is 0 Å². The molecule has 1 aliphatic rings. The van der Waals surface area contributed by atoms with Gasteiger partial charge >= 0.3 is 0 Å². The summed E-state index contributed by atoms with van der Waals surface area (Å²) in [6.45, 7) is 5.92. The van der Waals surface area contributed by atoms with E-state index in [1.807, 2.05) is 11.8 Å². The molecule has 1 fully saturated rings. The first-order valence-electron chi connectivity index (χ1n) is 4.17. The van der Waals surface area contributed by atoms with Crippen molar-refractivity contribution in [2.24, 2.45) is 0 Å². The summed E-state index contributed by atoms with van der Waals surface area (Å²) < 4.78 is 5.28. The average Bonchev–Trinajstić information content (AvgIpc) is 2.05. The maximum atomic E-state index is 11.1. The van der Waals surface area contributed by atoms with Crippen molar-refractivity contribution >= 4 is 5.91 Å². The van der Waals surface area contributed by atoms with Gasteiger partial charge in [0.25, 0.3) is 0 Å². The minimum Gasteiger partial charge on any atom is -0.367 e. The van der Waals surface area contributed by atoms with E-state index in [-0.39, 0.29) is 18.6 Å². The van der Waals surface area contributed by atoms with Gasteiger partial charge < -0.3 is 9.64 Å². The Labute approximate surface area is 67.3 Å². The molecule has 3 heteroatoms. The van der Waals surface area contributed by atoms with Crippen molar-refractivity contribution in [2.75, 3.05) is 19.7 Å². The number of likely N-dealkylation sites (N-methyl/N-ethyl adjacent to an activating group) is 1. The van der Waals surface area contributed by atoms with Gasteiger partial charge in [-0.15, -0.1) is 0 Å². The fourth-order valence-corrected chi connectivity index (χ4v) is 1.23. The van der Waals surface area contributed by atoms with Crippen LogP contribution >= 0.6 is 0 Å². The van der Waals surface area contributed by atoms with Gasteiger partial charge in [0.2, 0.25) is 5.91 Å². The third-order valence-electron chi connectivity index (χ3n) is 2.06. The first-order chi connectivity index (χ1) is 5.27.